The first-order valence-electron chi connectivity index (χ1n) is 4.83. The van der Waals surface area contributed by atoms with Crippen LogP contribution in [-0.2, 0) is 4.74 Å². The van der Waals surface area contributed by atoms with Gasteiger partial charge in [0.25, 0.3) is 0 Å². The molecule has 0 aliphatic rings. The van der Waals surface area contributed by atoms with E-state index >= 15 is 0 Å². The summed E-state index contributed by atoms with van der Waals surface area (Å²) in [6.07, 6.45) is 1.03. The molecule has 0 spiro atoms. The Bertz CT molecular complexity index is 465. The molecule has 0 unspecified atom stereocenters. The highest BCUT2D eigenvalue weighted by molar-refractivity contribution is 6.29. The first kappa shape index (κ1) is 13.4. The fraction of sp³-hybridized carbons (Fsp3) is 0.364. The monoisotopic (exact) mass is 257 g/mol. The lowest BCUT2D eigenvalue weighted by atomic mass is 10.1. The molecule has 0 aliphatic carbocycles. The fourth-order valence-corrected chi connectivity index (χ4v) is 1.26. The summed E-state index contributed by atoms with van der Waals surface area (Å²) in [4.78, 5) is 26.3. The van der Waals surface area contributed by atoms with E-state index in [4.69, 9.17) is 21.4 Å². The SMILES string of the molecule is CC(C)(C)OC(=O)c1cc(Cl)ncc1C(=O)O. The number of carbonyl (C=O) groups excluding carboxylic acids is 1. The molecule has 0 amide bonds. The minimum atomic E-state index is -1.25. The molecular weight excluding hydrogens is 246 g/mol. The minimum absolute atomic E-state index is 0.0378. The number of ether oxygens (including phenoxy) is 1. The number of aromatic nitrogens is 1. The van der Waals surface area contributed by atoms with Crippen molar-refractivity contribution >= 4 is 23.5 Å². The van der Waals surface area contributed by atoms with Crippen LogP contribution in [-0.4, -0.2) is 27.6 Å². The van der Waals surface area contributed by atoms with Gasteiger partial charge in [0.05, 0.1) is 11.1 Å². The van der Waals surface area contributed by atoms with Crippen molar-refractivity contribution in [1.82, 2.24) is 4.98 Å². The lowest BCUT2D eigenvalue weighted by molar-refractivity contribution is 0.00657. The molecule has 0 saturated heterocycles. The molecule has 1 aromatic rings. The van der Waals surface area contributed by atoms with Crippen molar-refractivity contribution < 1.29 is 19.4 Å². The predicted molar refractivity (Wildman–Crippen MR) is 61.4 cm³/mol. The summed E-state index contributed by atoms with van der Waals surface area (Å²) >= 11 is 5.62. The Kier molecular flexibility index (Phi) is 3.72. The molecule has 5 nitrogen and oxygen atoms in total. The highest BCUT2D eigenvalue weighted by atomic mass is 35.5. The number of nitrogens with zero attached hydrogens (tertiary/aromatic N) is 1. The van der Waals surface area contributed by atoms with Gasteiger partial charge in [-0.05, 0) is 26.8 Å². The van der Waals surface area contributed by atoms with Crippen LogP contribution in [0.5, 0.6) is 0 Å². The van der Waals surface area contributed by atoms with E-state index in [-0.39, 0.29) is 16.3 Å². The van der Waals surface area contributed by atoms with Crippen molar-refractivity contribution in [3.05, 3.63) is 28.5 Å². The number of aromatic carboxylic acids is 1. The van der Waals surface area contributed by atoms with Crippen molar-refractivity contribution in [2.24, 2.45) is 0 Å². The molecule has 17 heavy (non-hydrogen) atoms. The summed E-state index contributed by atoms with van der Waals surface area (Å²) in [6, 6.07) is 1.18. The van der Waals surface area contributed by atoms with Crippen LogP contribution in [0.3, 0.4) is 0 Å². The first-order chi connectivity index (χ1) is 7.70. The van der Waals surface area contributed by atoms with Gasteiger partial charge < -0.3 is 9.84 Å². The zero-order valence-electron chi connectivity index (χ0n) is 9.65. The molecule has 0 saturated carbocycles. The number of carboxylic acid groups (broad SMARTS) is 1. The number of pyridine rings is 1. The van der Waals surface area contributed by atoms with Crippen LogP contribution in [0.4, 0.5) is 0 Å². The molecule has 0 radical (unpaired) electrons. The van der Waals surface area contributed by atoms with Gasteiger partial charge in [-0.2, -0.15) is 0 Å². The summed E-state index contributed by atoms with van der Waals surface area (Å²) < 4.78 is 5.08. The Morgan fingerprint density at radius 2 is 1.94 bits per heavy atom. The number of halogens is 1. The highest BCUT2D eigenvalue weighted by Crippen LogP contribution is 2.18. The predicted octanol–water partition coefficient (Wildman–Crippen LogP) is 2.39. The maximum atomic E-state index is 11.8. The number of carbonyl (C=O) groups is 2. The van der Waals surface area contributed by atoms with E-state index < -0.39 is 17.5 Å². The zero-order valence-corrected chi connectivity index (χ0v) is 10.4. The first-order valence-corrected chi connectivity index (χ1v) is 5.20. The summed E-state index contributed by atoms with van der Waals surface area (Å²) in [6.45, 7) is 5.07. The quantitative estimate of drug-likeness (QED) is 0.650. The minimum Gasteiger partial charge on any atom is -0.478 e. The maximum absolute atomic E-state index is 11.8. The van der Waals surface area contributed by atoms with E-state index in [1.165, 1.54) is 6.07 Å². The molecule has 0 aliphatic heterocycles. The molecule has 0 bridgehead atoms. The normalized spacial score (nSPS) is 11.1. The molecule has 1 N–H and O–H groups in total. The second-order valence-corrected chi connectivity index (χ2v) is 4.75. The van der Waals surface area contributed by atoms with Crippen molar-refractivity contribution in [3.63, 3.8) is 0 Å². The van der Waals surface area contributed by atoms with Gasteiger partial charge in [-0.1, -0.05) is 11.6 Å². The van der Waals surface area contributed by atoms with Gasteiger partial charge in [-0.25, -0.2) is 14.6 Å². The second-order valence-electron chi connectivity index (χ2n) is 4.36. The van der Waals surface area contributed by atoms with Gasteiger partial charge in [0.15, 0.2) is 0 Å². The maximum Gasteiger partial charge on any atom is 0.339 e. The van der Waals surface area contributed by atoms with Crippen molar-refractivity contribution in [3.8, 4) is 0 Å². The van der Waals surface area contributed by atoms with Gasteiger partial charge in [-0.3, -0.25) is 0 Å². The molecule has 1 aromatic heterocycles. The number of hydrogen-bond acceptors (Lipinski definition) is 4. The number of carboxylic acids is 1. The van der Waals surface area contributed by atoms with Gasteiger partial charge in [0.2, 0.25) is 0 Å². The van der Waals surface area contributed by atoms with Crippen molar-refractivity contribution in [1.29, 1.82) is 0 Å². The Hall–Kier alpha value is -1.62. The largest absolute Gasteiger partial charge is 0.478 e. The van der Waals surface area contributed by atoms with E-state index in [9.17, 15) is 9.59 Å². The Balaban J connectivity index is 3.16. The average molecular weight is 258 g/mol. The molecule has 1 heterocycles. The topological polar surface area (TPSA) is 76.5 Å². The van der Waals surface area contributed by atoms with E-state index in [1.54, 1.807) is 20.8 Å². The average Bonchev–Trinajstić information content (AvgIpc) is 2.14. The van der Waals surface area contributed by atoms with Crippen LogP contribution < -0.4 is 0 Å². The Labute approximate surface area is 103 Å². The molecule has 1 rings (SSSR count). The highest BCUT2D eigenvalue weighted by Gasteiger charge is 2.23. The lowest BCUT2D eigenvalue weighted by Gasteiger charge is -2.20. The lowest BCUT2D eigenvalue weighted by Crippen LogP contribution is -2.25. The molecule has 0 atom stereocenters. The molecule has 0 aromatic carbocycles. The van der Waals surface area contributed by atoms with Gasteiger partial charge in [0.1, 0.15) is 10.8 Å². The Morgan fingerprint density at radius 3 is 2.41 bits per heavy atom. The Morgan fingerprint density at radius 1 is 1.35 bits per heavy atom. The third-order valence-corrected chi connectivity index (χ3v) is 1.93. The molecule has 92 valence electrons. The van der Waals surface area contributed by atoms with E-state index in [0.717, 1.165) is 6.20 Å². The number of hydrogen-bond donors (Lipinski definition) is 1. The van der Waals surface area contributed by atoms with Gasteiger partial charge in [-0.15, -0.1) is 0 Å². The van der Waals surface area contributed by atoms with Crippen LogP contribution in [0.2, 0.25) is 5.15 Å². The van der Waals surface area contributed by atoms with Gasteiger partial charge in [0, 0.05) is 6.20 Å². The van der Waals surface area contributed by atoms with Crippen LogP contribution in [0.15, 0.2) is 12.3 Å². The van der Waals surface area contributed by atoms with Crippen LogP contribution >= 0.6 is 11.6 Å². The van der Waals surface area contributed by atoms with E-state index in [1.807, 2.05) is 0 Å². The van der Waals surface area contributed by atoms with Crippen LogP contribution in [0.1, 0.15) is 41.5 Å². The van der Waals surface area contributed by atoms with Gasteiger partial charge >= 0.3 is 11.9 Å². The smallest absolute Gasteiger partial charge is 0.339 e. The summed E-state index contributed by atoms with van der Waals surface area (Å²) in [5, 5.41) is 8.95. The summed E-state index contributed by atoms with van der Waals surface area (Å²) in [5.74, 6) is -1.99. The third kappa shape index (κ3) is 3.71. The molecule has 6 heteroatoms. The zero-order chi connectivity index (χ0) is 13.2. The number of esters is 1. The fourth-order valence-electron chi connectivity index (χ4n) is 1.10. The van der Waals surface area contributed by atoms with E-state index in [0.29, 0.717) is 0 Å². The summed E-state index contributed by atoms with van der Waals surface area (Å²) in [7, 11) is 0. The van der Waals surface area contributed by atoms with Crippen molar-refractivity contribution in [2.45, 2.75) is 26.4 Å². The standard InChI is InChI=1S/C11H12ClNO4/c1-11(2,3)17-10(16)6-4-8(12)13-5-7(6)9(14)15/h4-5H,1-3H3,(H,14,15). The molecular formula is C11H12ClNO4. The van der Waals surface area contributed by atoms with Crippen molar-refractivity contribution in [2.75, 3.05) is 0 Å². The van der Waals surface area contributed by atoms with Crippen LogP contribution in [0.25, 0.3) is 0 Å². The van der Waals surface area contributed by atoms with E-state index in [2.05, 4.69) is 4.98 Å². The molecule has 0 fully saturated rings. The summed E-state index contributed by atoms with van der Waals surface area (Å²) in [5.41, 5.74) is -1.04. The van der Waals surface area contributed by atoms with Crippen LogP contribution in [0, 0.1) is 0 Å². The second kappa shape index (κ2) is 4.71. The number of rotatable bonds is 2. The third-order valence-electron chi connectivity index (χ3n) is 1.72.